The third kappa shape index (κ3) is 11.0. The molecule has 3 N–H and O–H groups in total. The number of rotatable bonds is 17. The first-order valence-electron chi connectivity index (χ1n) is 16.6. The van der Waals surface area contributed by atoms with E-state index >= 15 is 0 Å². The quantitative estimate of drug-likeness (QED) is 0.0995. The van der Waals surface area contributed by atoms with Crippen molar-refractivity contribution in [2.24, 2.45) is 0 Å². The van der Waals surface area contributed by atoms with Crippen molar-refractivity contribution < 1.29 is 24.2 Å². The van der Waals surface area contributed by atoms with Crippen LogP contribution in [0.25, 0.3) is 22.5 Å². The minimum atomic E-state index is -1.01. The van der Waals surface area contributed by atoms with Gasteiger partial charge in [-0.2, -0.15) is 0 Å². The molecule has 0 bridgehead atoms. The van der Waals surface area contributed by atoms with Gasteiger partial charge in [0.2, 0.25) is 5.91 Å². The van der Waals surface area contributed by atoms with Crippen LogP contribution in [-0.4, -0.2) is 52.1 Å². The molecule has 0 radical (unpaired) electrons. The molecule has 0 saturated heterocycles. The maximum Gasteiger partial charge on any atom is 0.305 e. The smallest absolute Gasteiger partial charge is 0.305 e. The van der Waals surface area contributed by atoms with Gasteiger partial charge in [-0.1, -0.05) is 89.8 Å². The maximum atomic E-state index is 13.1. The molecule has 10 heteroatoms. The molecule has 0 aliphatic carbocycles. The Morgan fingerprint density at radius 2 is 1.52 bits per heavy atom. The van der Waals surface area contributed by atoms with Gasteiger partial charge in [0.05, 0.1) is 17.9 Å². The van der Waals surface area contributed by atoms with E-state index in [1.165, 1.54) is 37.0 Å². The van der Waals surface area contributed by atoms with Crippen LogP contribution in [0.2, 0.25) is 0 Å². The van der Waals surface area contributed by atoms with Gasteiger partial charge in [-0.05, 0) is 47.2 Å². The molecule has 2 heterocycles. The number of hydrogen-bond donors (Lipinski definition) is 3. The average molecular weight is 671 g/mol. The van der Waals surface area contributed by atoms with Gasteiger partial charge in [0.1, 0.15) is 11.8 Å². The zero-order valence-electron chi connectivity index (χ0n) is 28.3. The van der Waals surface area contributed by atoms with Crippen molar-refractivity contribution in [2.45, 2.75) is 84.1 Å². The van der Waals surface area contributed by atoms with Gasteiger partial charge in [-0.3, -0.25) is 14.4 Å². The van der Waals surface area contributed by atoms with Crippen LogP contribution < -0.4 is 15.4 Å². The number of aromatic nitrogens is 2. The number of nitrogens with one attached hydrogen (secondary N) is 2. The largest absolute Gasteiger partial charge is 0.494 e. The van der Waals surface area contributed by atoms with Crippen LogP contribution in [0.5, 0.6) is 5.75 Å². The third-order valence-corrected chi connectivity index (χ3v) is 9.35. The van der Waals surface area contributed by atoms with Crippen molar-refractivity contribution in [3.05, 3.63) is 88.4 Å². The van der Waals surface area contributed by atoms with E-state index in [0.29, 0.717) is 10.7 Å². The van der Waals surface area contributed by atoms with Crippen molar-refractivity contribution in [3.8, 4) is 28.3 Å². The van der Waals surface area contributed by atoms with Crippen molar-refractivity contribution in [3.63, 3.8) is 0 Å². The molecule has 2 aromatic heterocycles. The number of carboxylic acid groups (broad SMARTS) is 1. The summed E-state index contributed by atoms with van der Waals surface area (Å²) < 4.78 is 5.88. The van der Waals surface area contributed by atoms with Gasteiger partial charge in [0.15, 0.2) is 5.82 Å². The predicted molar refractivity (Wildman–Crippen MR) is 190 cm³/mol. The monoisotopic (exact) mass is 670 g/mol. The highest BCUT2D eigenvalue weighted by Crippen LogP contribution is 2.29. The molecule has 0 aliphatic rings. The zero-order valence-corrected chi connectivity index (χ0v) is 29.1. The van der Waals surface area contributed by atoms with Gasteiger partial charge in [-0.25, -0.2) is 9.97 Å². The summed E-state index contributed by atoms with van der Waals surface area (Å²) >= 11 is 1.39. The second kappa shape index (κ2) is 17.5. The first kappa shape index (κ1) is 36.3. The molecule has 2 aromatic carbocycles. The Labute approximate surface area is 287 Å². The molecule has 0 aliphatic heterocycles. The number of nitrogens with zero attached hydrogens (tertiary/aromatic N) is 2. The lowest BCUT2D eigenvalue weighted by molar-refractivity contribution is -0.137. The zero-order chi connectivity index (χ0) is 34.5. The molecule has 2 amide bonds. The van der Waals surface area contributed by atoms with Crippen LogP contribution in [0.1, 0.15) is 86.3 Å². The molecule has 254 valence electrons. The van der Waals surface area contributed by atoms with E-state index < -0.39 is 17.9 Å². The fraction of sp³-hybridized carbons (Fsp3) is 0.395. The summed E-state index contributed by atoms with van der Waals surface area (Å²) in [5.74, 6) is -0.382. The molecule has 1 atom stereocenters. The second-order valence-electron chi connectivity index (χ2n) is 12.9. The van der Waals surface area contributed by atoms with Crippen LogP contribution in [0, 0.1) is 0 Å². The number of unbranched alkanes of at least 4 members (excludes halogenated alkanes) is 4. The average Bonchev–Trinajstić information content (AvgIpc) is 3.59. The molecular formula is C38H46N4O5S. The summed E-state index contributed by atoms with van der Waals surface area (Å²) in [5, 5.41) is 14.5. The molecule has 4 aromatic rings. The molecule has 0 spiro atoms. The second-order valence-corrected chi connectivity index (χ2v) is 13.9. The Hall–Kier alpha value is -4.57. The fourth-order valence-electron chi connectivity index (χ4n) is 5.01. The molecule has 9 nitrogen and oxygen atoms in total. The van der Waals surface area contributed by atoms with Crippen molar-refractivity contribution >= 4 is 29.1 Å². The molecular weight excluding hydrogens is 625 g/mol. The topological polar surface area (TPSA) is 131 Å². The first-order chi connectivity index (χ1) is 23.0. The van der Waals surface area contributed by atoms with Crippen LogP contribution in [0.15, 0.2) is 73.1 Å². The number of thiophene rings is 1. The summed E-state index contributed by atoms with van der Waals surface area (Å²) in [5.41, 5.74) is 3.43. The van der Waals surface area contributed by atoms with Crippen LogP contribution in [0.4, 0.5) is 0 Å². The third-order valence-electron chi connectivity index (χ3n) is 7.84. The van der Waals surface area contributed by atoms with E-state index in [1.807, 2.05) is 54.6 Å². The Morgan fingerprint density at radius 1 is 0.854 bits per heavy atom. The number of carbonyl (C=O) groups is 3. The Balaban J connectivity index is 1.38. The van der Waals surface area contributed by atoms with Gasteiger partial charge in [0, 0.05) is 41.4 Å². The first-order valence-corrected chi connectivity index (χ1v) is 17.4. The highest BCUT2D eigenvalue weighted by Gasteiger charge is 2.24. The summed E-state index contributed by atoms with van der Waals surface area (Å²) in [6, 6.07) is 18.3. The van der Waals surface area contributed by atoms with E-state index in [1.54, 1.807) is 18.5 Å². The highest BCUT2D eigenvalue weighted by molar-refractivity contribution is 7.14. The molecule has 0 fully saturated rings. The normalized spacial score (nSPS) is 11.9. The van der Waals surface area contributed by atoms with Crippen molar-refractivity contribution in [2.75, 3.05) is 13.2 Å². The van der Waals surface area contributed by atoms with Crippen molar-refractivity contribution in [1.82, 2.24) is 20.6 Å². The lowest BCUT2D eigenvalue weighted by Gasteiger charge is -2.19. The van der Waals surface area contributed by atoms with Crippen LogP contribution >= 0.6 is 11.3 Å². The number of carboxylic acids is 1. The van der Waals surface area contributed by atoms with Gasteiger partial charge >= 0.3 is 5.97 Å². The molecule has 4 rings (SSSR count). The number of amides is 2. The van der Waals surface area contributed by atoms with Gasteiger partial charge in [0.25, 0.3) is 5.91 Å². The highest BCUT2D eigenvalue weighted by atomic mass is 32.1. The number of hydrogen-bond acceptors (Lipinski definition) is 7. The lowest BCUT2D eigenvalue weighted by atomic mass is 9.95. The maximum absolute atomic E-state index is 13.1. The Bertz CT molecular complexity index is 1630. The lowest BCUT2D eigenvalue weighted by Crippen LogP contribution is -2.48. The number of ether oxygens (including phenoxy) is 1. The molecule has 0 unspecified atom stereocenters. The molecule has 48 heavy (non-hydrogen) atoms. The fourth-order valence-corrected chi connectivity index (χ4v) is 5.98. The van der Waals surface area contributed by atoms with Crippen LogP contribution in [-0.2, 0) is 21.4 Å². The number of aliphatic carboxylic acids is 1. The SMILES string of the molecule is CCCCCCCOc1ccc(-c2cnc(-c3ccc(C[C@H](NC(=O)c4ccc(C(C)(C)C)s4)C(=O)NCCC(=O)O)cc3)nc2)cc1. The summed E-state index contributed by atoms with van der Waals surface area (Å²) in [7, 11) is 0. The standard InChI is InChI=1S/C38H46N4O5S/c1-5-6-7-8-9-22-47-30-16-14-27(15-17-30)29-24-40-35(41-25-29)28-12-10-26(11-13-28)23-31(36(45)39-21-20-34(43)44)42-37(46)32-18-19-33(48-32)38(2,3)4/h10-19,24-25,31H,5-9,20-23H2,1-4H3,(H,39,45)(H,42,46)(H,43,44)/t31-/m0/s1. The van der Waals surface area contributed by atoms with Gasteiger partial charge in [-0.15, -0.1) is 11.3 Å². The van der Waals surface area contributed by atoms with E-state index in [9.17, 15) is 14.4 Å². The van der Waals surface area contributed by atoms with Gasteiger partial charge < -0.3 is 20.5 Å². The minimum absolute atomic E-state index is 0.0307. The van der Waals surface area contributed by atoms with Crippen molar-refractivity contribution in [1.29, 1.82) is 0 Å². The number of carbonyl (C=O) groups excluding carboxylic acids is 2. The van der Waals surface area contributed by atoms with E-state index in [4.69, 9.17) is 9.84 Å². The number of benzene rings is 2. The summed E-state index contributed by atoms with van der Waals surface area (Å²) in [4.78, 5) is 47.9. The summed E-state index contributed by atoms with van der Waals surface area (Å²) in [6.45, 7) is 9.14. The van der Waals surface area contributed by atoms with E-state index in [0.717, 1.165) is 45.9 Å². The van der Waals surface area contributed by atoms with E-state index in [-0.39, 0.29) is 30.7 Å². The predicted octanol–water partition coefficient (Wildman–Crippen LogP) is 7.45. The summed E-state index contributed by atoms with van der Waals surface area (Å²) in [6.07, 6.45) is 9.62. The Kier molecular flexibility index (Phi) is 13.3. The minimum Gasteiger partial charge on any atom is -0.494 e. The Morgan fingerprint density at radius 3 is 2.15 bits per heavy atom. The molecule has 0 saturated carbocycles. The van der Waals surface area contributed by atoms with E-state index in [2.05, 4.69) is 48.3 Å². The van der Waals surface area contributed by atoms with Crippen LogP contribution in [0.3, 0.4) is 0 Å².